The molecule has 0 heterocycles. The number of allylic oxidation sites excluding steroid dienone is 12. The highest BCUT2D eigenvalue weighted by atomic mass is 16.5. The van der Waals surface area contributed by atoms with Crippen molar-refractivity contribution < 1.29 is 24.5 Å². The third kappa shape index (κ3) is 21.1. The van der Waals surface area contributed by atoms with Crippen LogP contribution in [0.4, 0.5) is 0 Å². The molecule has 0 rings (SSSR count). The number of hydrogen-bond acceptors (Lipinski definition) is 5. The Morgan fingerprint density at radius 2 is 1.27 bits per heavy atom. The first-order valence-electron chi connectivity index (χ1n) is 13.5. The summed E-state index contributed by atoms with van der Waals surface area (Å²) in [6, 6.07) is 0. The van der Waals surface area contributed by atoms with Crippen molar-refractivity contribution in [1.29, 1.82) is 0 Å². The van der Waals surface area contributed by atoms with E-state index in [0.29, 0.717) is 19.3 Å². The zero-order valence-electron chi connectivity index (χ0n) is 23.1. The van der Waals surface area contributed by atoms with Crippen molar-refractivity contribution in [2.24, 2.45) is 5.41 Å². The van der Waals surface area contributed by atoms with Crippen LogP contribution in [0.3, 0.4) is 0 Å². The molecule has 1 unspecified atom stereocenters. The molecule has 0 radical (unpaired) electrons. The summed E-state index contributed by atoms with van der Waals surface area (Å²) in [6.07, 6.45) is 31.6. The summed E-state index contributed by atoms with van der Waals surface area (Å²) in [5, 5.41) is 21.7. The smallest absolute Gasteiger partial charge is 0.306 e. The second kappa shape index (κ2) is 23.7. The zero-order valence-corrected chi connectivity index (χ0v) is 23.1. The van der Waals surface area contributed by atoms with Crippen LogP contribution < -0.4 is 5.32 Å². The van der Waals surface area contributed by atoms with E-state index in [1.165, 1.54) is 0 Å². The molecule has 0 aromatic heterocycles. The first kappa shape index (κ1) is 34.3. The summed E-state index contributed by atoms with van der Waals surface area (Å²) in [4.78, 5) is 23.6. The number of aliphatic hydroxyl groups excluding tert-OH is 2. The Morgan fingerprint density at radius 3 is 1.73 bits per heavy atom. The van der Waals surface area contributed by atoms with Gasteiger partial charge in [0.2, 0.25) is 5.91 Å². The van der Waals surface area contributed by atoms with E-state index in [-0.39, 0.29) is 25.7 Å². The fourth-order valence-corrected chi connectivity index (χ4v) is 2.92. The van der Waals surface area contributed by atoms with Crippen molar-refractivity contribution in [1.82, 2.24) is 5.32 Å². The van der Waals surface area contributed by atoms with Crippen LogP contribution in [0.5, 0.6) is 0 Å². The first-order chi connectivity index (χ1) is 17.8. The van der Waals surface area contributed by atoms with Gasteiger partial charge in [0.1, 0.15) is 6.10 Å². The summed E-state index contributed by atoms with van der Waals surface area (Å²) < 4.78 is 5.15. The number of ether oxygens (including phenoxy) is 1. The van der Waals surface area contributed by atoms with E-state index in [1.807, 2.05) is 12.2 Å². The SMILES string of the molecule is CC/C=C/C/C=C/C/C=C/C/C=C/C/C=C/C/C=C/CCC(=O)OCCCNC(=O)C(O)C(C)(C)CO. The van der Waals surface area contributed by atoms with Crippen LogP contribution in [-0.2, 0) is 14.3 Å². The highest BCUT2D eigenvalue weighted by Gasteiger charge is 2.32. The third-order valence-corrected chi connectivity index (χ3v) is 5.39. The number of carbonyl (C=O) groups excluding carboxylic acids is 2. The maximum Gasteiger partial charge on any atom is 0.306 e. The zero-order chi connectivity index (χ0) is 27.6. The number of rotatable bonds is 21. The molecule has 0 aliphatic heterocycles. The molecule has 208 valence electrons. The van der Waals surface area contributed by atoms with Crippen molar-refractivity contribution in [2.45, 2.75) is 84.7 Å². The normalized spacial score (nSPS) is 13.8. The largest absolute Gasteiger partial charge is 0.466 e. The quantitative estimate of drug-likeness (QED) is 0.101. The molecule has 0 aliphatic rings. The van der Waals surface area contributed by atoms with E-state index in [4.69, 9.17) is 4.74 Å². The summed E-state index contributed by atoms with van der Waals surface area (Å²) in [7, 11) is 0. The average molecular weight is 516 g/mol. The highest BCUT2D eigenvalue weighted by molar-refractivity contribution is 5.81. The van der Waals surface area contributed by atoms with Gasteiger partial charge in [-0.3, -0.25) is 9.59 Å². The van der Waals surface area contributed by atoms with Crippen LogP contribution >= 0.6 is 0 Å². The van der Waals surface area contributed by atoms with Gasteiger partial charge in [0.05, 0.1) is 13.2 Å². The lowest BCUT2D eigenvalue weighted by molar-refractivity contribution is -0.143. The van der Waals surface area contributed by atoms with Crippen molar-refractivity contribution in [3.63, 3.8) is 0 Å². The van der Waals surface area contributed by atoms with E-state index in [9.17, 15) is 19.8 Å². The molecule has 0 saturated heterocycles. The highest BCUT2D eigenvalue weighted by Crippen LogP contribution is 2.19. The molecule has 0 bridgehead atoms. The number of hydrogen-bond donors (Lipinski definition) is 3. The van der Waals surface area contributed by atoms with E-state index in [2.05, 4.69) is 73.0 Å². The fraction of sp³-hybridized carbons (Fsp3) is 0.548. The Bertz CT molecular complexity index is 774. The van der Waals surface area contributed by atoms with Crippen LogP contribution in [0.15, 0.2) is 72.9 Å². The Hall–Kier alpha value is -2.70. The third-order valence-electron chi connectivity index (χ3n) is 5.39. The van der Waals surface area contributed by atoms with Gasteiger partial charge in [-0.15, -0.1) is 0 Å². The van der Waals surface area contributed by atoms with E-state index in [0.717, 1.165) is 38.5 Å². The molecule has 0 saturated carbocycles. The fourth-order valence-electron chi connectivity index (χ4n) is 2.92. The molecule has 6 nitrogen and oxygen atoms in total. The minimum absolute atomic E-state index is 0.211. The van der Waals surface area contributed by atoms with E-state index >= 15 is 0 Å². The van der Waals surface area contributed by atoms with Crippen molar-refractivity contribution >= 4 is 11.9 Å². The maximum atomic E-state index is 11.8. The number of carbonyl (C=O) groups is 2. The first-order valence-corrected chi connectivity index (χ1v) is 13.5. The monoisotopic (exact) mass is 515 g/mol. The Balaban J connectivity index is 3.70. The van der Waals surface area contributed by atoms with Gasteiger partial charge in [0.15, 0.2) is 0 Å². The van der Waals surface area contributed by atoms with E-state index < -0.39 is 17.4 Å². The maximum absolute atomic E-state index is 11.8. The standard InChI is InChI=1S/C31H49NO5/c1-4-5-6-7-8-9-10-11-12-13-14-15-16-17-18-19-20-21-22-24-28(34)37-26-23-25-32-30(36)29(35)31(2,3)27-33/h5-6,8-9,11-12,14-15,17-18,20-21,29,33,35H,4,7,10,13,16,19,22-27H2,1-3H3,(H,32,36)/b6-5+,9-8+,12-11+,15-14+,18-17+,21-20+. The van der Waals surface area contributed by atoms with Crippen LogP contribution in [0, 0.1) is 5.41 Å². The van der Waals surface area contributed by atoms with Crippen molar-refractivity contribution in [3.8, 4) is 0 Å². The minimum Gasteiger partial charge on any atom is -0.466 e. The summed E-state index contributed by atoms with van der Waals surface area (Å²) in [5.41, 5.74) is -0.905. The number of aliphatic hydroxyl groups is 2. The predicted molar refractivity (Wildman–Crippen MR) is 153 cm³/mol. The average Bonchev–Trinajstić information content (AvgIpc) is 2.89. The number of esters is 1. The van der Waals surface area contributed by atoms with Gasteiger partial charge >= 0.3 is 5.97 Å². The van der Waals surface area contributed by atoms with Gasteiger partial charge in [-0.1, -0.05) is 93.7 Å². The van der Waals surface area contributed by atoms with Crippen LogP contribution in [0.2, 0.25) is 0 Å². The molecule has 1 amide bonds. The summed E-state index contributed by atoms with van der Waals surface area (Å²) in [6.45, 7) is 5.56. The van der Waals surface area contributed by atoms with Crippen LogP contribution in [0.1, 0.15) is 78.6 Å². The summed E-state index contributed by atoms with van der Waals surface area (Å²) >= 11 is 0. The molecule has 0 spiro atoms. The predicted octanol–water partition coefficient (Wildman–Crippen LogP) is 5.89. The molecule has 37 heavy (non-hydrogen) atoms. The van der Waals surface area contributed by atoms with Gasteiger partial charge in [-0.25, -0.2) is 0 Å². The molecule has 3 N–H and O–H groups in total. The van der Waals surface area contributed by atoms with Crippen LogP contribution in [0.25, 0.3) is 0 Å². The van der Waals surface area contributed by atoms with Crippen molar-refractivity contribution in [2.75, 3.05) is 19.8 Å². The Morgan fingerprint density at radius 1 is 0.811 bits per heavy atom. The van der Waals surface area contributed by atoms with Gasteiger partial charge < -0.3 is 20.3 Å². The molecule has 0 aromatic rings. The van der Waals surface area contributed by atoms with Crippen molar-refractivity contribution in [3.05, 3.63) is 72.9 Å². The number of amides is 1. The Kier molecular flexibility index (Phi) is 22.0. The van der Waals surface area contributed by atoms with Gasteiger partial charge in [-0.2, -0.15) is 0 Å². The lowest BCUT2D eigenvalue weighted by Gasteiger charge is -2.27. The Labute approximate surface area is 224 Å². The lowest BCUT2D eigenvalue weighted by atomic mass is 9.87. The second-order valence-corrected chi connectivity index (χ2v) is 9.37. The van der Waals surface area contributed by atoms with Gasteiger partial charge in [0, 0.05) is 18.4 Å². The molecule has 1 atom stereocenters. The molecule has 0 fully saturated rings. The van der Waals surface area contributed by atoms with Gasteiger partial charge in [-0.05, 0) is 51.4 Å². The summed E-state index contributed by atoms with van der Waals surface area (Å²) in [5.74, 6) is -0.810. The molecule has 6 heteroatoms. The second-order valence-electron chi connectivity index (χ2n) is 9.37. The van der Waals surface area contributed by atoms with E-state index in [1.54, 1.807) is 13.8 Å². The molecule has 0 aromatic carbocycles. The minimum atomic E-state index is -1.29. The molecular formula is C31H49NO5. The lowest BCUT2D eigenvalue weighted by Crippen LogP contribution is -2.45. The van der Waals surface area contributed by atoms with Gasteiger partial charge in [0.25, 0.3) is 0 Å². The van der Waals surface area contributed by atoms with Crippen LogP contribution in [-0.4, -0.2) is 48.0 Å². The molecular weight excluding hydrogens is 466 g/mol. The number of nitrogens with one attached hydrogen (secondary N) is 1. The topological polar surface area (TPSA) is 95.9 Å². The molecule has 0 aliphatic carbocycles.